The smallest absolute Gasteiger partial charge is 0.217 e. The summed E-state index contributed by atoms with van der Waals surface area (Å²) in [5, 5.41) is 44.5. The Labute approximate surface area is 259 Å². The van der Waals surface area contributed by atoms with Crippen LogP contribution >= 0.6 is 0 Å². The summed E-state index contributed by atoms with van der Waals surface area (Å²) in [6.45, 7) is 11.0. The number of rotatable bonds is 10. The van der Waals surface area contributed by atoms with Gasteiger partial charge in [-0.1, -0.05) is 58.6 Å². The van der Waals surface area contributed by atoms with Crippen molar-refractivity contribution < 1.29 is 34.7 Å². The molecule has 0 bridgehead atoms. The van der Waals surface area contributed by atoms with Gasteiger partial charge in [-0.05, 0) is 92.3 Å². The maximum absolute atomic E-state index is 12.0. The number of nitrogens with one attached hydrogen (secondary N) is 1. The van der Waals surface area contributed by atoms with Crippen LogP contribution in [0.2, 0.25) is 0 Å². The zero-order chi connectivity index (χ0) is 31.1. The first-order valence-electron chi connectivity index (χ1n) is 17.3. The van der Waals surface area contributed by atoms with E-state index in [9.17, 15) is 25.2 Å². The van der Waals surface area contributed by atoms with E-state index in [1.54, 1.807) is 0 Å². The van der Waals surface area contributed by atoms with Crippen LogP contribution in [0.15, 0.2) is 11.6 Å². The number of carbonyl (C=O) groups excluding carboxylic acids is 1. The van der Waals surface area contributed by atoms with Crippen molar-refractivity contribution in [3.63, 3.8) is 0 Å². The Morgan fingerprint density at radius 3 is 2.51 bits per heavy atom. The maximum atomic E-state index is 12.0. The lowest BCUT2D eigenvalue weighted by molar-refractivity contribution is -0.279. The molecule has 5 N–H and O–H groups in total. The van der Waals surface area contributed by atoms with Gasteiger partial charge in [0.2, 0.25) is 5.91 Å². The fourth-order valence-corrected chi connectivity index (χ4v) is 10.6. The molecular formula is C35H59NO7. The quantitative estimate of drug-likeness (QED) is 0.235. The van der Waals surface area contributed by atoms with Crippen LogP contribution in [0.25, 0.3) is 0 Å². The van der Waals surface area contributed by atoms with E-state index >= 15 is 0 Å². The number of ether oxygens (including phenoxy) is 2. The van der Waals surface area contributed by atoms with Gasteiger partial charge in [0.1, 0.15) is 24.4 Å². The van der Waals surface area contributed by atoms with E-state index in [0.29, 0.717) is 36.2 Å². The molecule has 1 aliphatic heterocycles. The first kappa shape index (κ1) is 33.3. The van der Waals surface area contributed by atoms with Gasteiger partial charge in [0, 0.05) is 12.3 Å². The fraction of sp³-hybridized carbons (Fsp3) is 0.914. The lowest BCUT2D eigenvalue weighted by Crippen LogP contribution is -2.65. The third-order valence-corrected chi connectivity index (χ3v) is 12.8. The topological polar surface area (TPSA) is 128 Å². The second-order valence-corrected chi connectivity index (χ2v) is 15.6. The molecule has 0 spiro atoms. The van der Waals surface area contributed by atoms with Crippen LogP contribution in [0.3, 0.4) is 0 Å². The zero-order valence-corrected chi connectivity index (χ0v) is 27.2. The molecule has 0 aromatic carbocycles. The van der Waals surface area contributed by atoms with E-state index in [0.717, 1.165) is 43.4 Å². The molecular weight excluding hydrogens is 546 g/mol. The molecule has 43 heavy (non-hydrogen) atoms. The summed E-state index contributed by atoms with van der Waals surface area (Å²) >= 11 is 0. The fourth-order valence-electron chi connectivity index (χ4n) is 10.6. The Kier molecular flexibility index (Phi) is 10.4. The van der Waals surface area contributed by atoms with E-state index in [2.05, 4.69) is 39.1 Å². The molecule has 1 saturated heterocycles. The van der Waals surface area contributed by atoms with Crippen molar-refractivity contribution in [2.45, 2.75) is 142 Å². The molecule has 4 fully saturated rings. The lowest BCUT2D eigenvalue weighted by atomic mass is 9.46. The van der Waals surface area contributed by atoms with E-state index < -0.39 is 43.4 Å². The summed E-state index contributed by atoms with van der Waals surface area (Å²) in [6.07, 6.45) is 9.58. The van der Waals surface area contributed by atoms with E-state index in [1.807, 2.05) is 0 Å². The Hall–Kier alpha value is -1.03. The molecule has 0 aromatic heterocycles. The van der Waals surface area contributed by atoms with Crippen LogP contribution in [-0.2, 0) is 14.3 Å². The number of fused-ring (bicyclic) bond motifs is 5. The summed E-state index contributed by atoms with van der Waals surface area (Å²) in [4.78, 5) is 12.0. The Morgan fingerprint density at radius 2 is 1.81 bits per heavy atom. The van der Waals surface area contributed by atoms with E-state index in [1.165, 1.54) is 51.0 Å². The molecule has 4 aliphatic carbocycles. The monoisotopic (exact) mass is 605 g/mol. The number of hydrogen-bond acceptors (Lipinski definition) is 7. The zero-order valence-electron chi connectivity index (χ0n) is 27.2. The minimum atomic E-state index is -1.33. The third kappa shape index (κ3) is 6.35. The Morgan fingerprint density at radius 1 is 1.05 bits per heavy atom. The number of amides is 1. The normalized spacial score (nSPS) is 45.1. The molecule has 1 amide bonds. The summed E-state index contributed by atoms with van der Waals surface area (Å²) in [6, 6.07) is -0.949. The average molecular weight is 606 g/mol. The van der Waals surface area contributed by atoms with Gasteiger partial charge in [0.05, 0.1) is 19.3 Å². The highest BCUT2D eigenvalue weighted by Crippen LogP contribution is 2.68. The average Bonchev–Trinajstić information content (AvgIpc) is 3.32. The van der Waals surface area contributed by atoms with Crippen LogP contribution in [0, 0.1) is 46.3 Å². The van der Waals surface area contributed by atoms with E-state index in [-0.39, 0.29) is 11.3 Å². The SMILES string of the molecule is CC(=O)N[C@H]1[C@H](OC[C@]23CC[C@H](O)C=C2CC[C@@H]2[C@@H]3CC[C@]3(C)[C@@H]([C@H](C)CCCC(C)C)CC[C@@H]23)O[C@H](CO)[C@@H](O)[C@@H]1O. The van der Waals surface area contributed by atoms with Gasteiger partial charge >= 0.3 is 0 Å². The molecule has 246 valence electrons. The molecule has 1 heterocycles. The minimum absolute atomic E-state index is 0.232. The van der Waals surface area contributed by atoms with Gasteiger partial charge in [-0.15, -0.1) is 0 Å². The van der Waals surface area contributed by atoms with Gasteiger partial charge in [0.15, 0.2) is 6.29 Å². The second kappa shape index (κ2) is 13.4. The molecule has 8 heteroatoms. The first-order valence-corrected chi connectivity index (χ1v) is 17.3. The van der Waals surface area contributed by atoms with Gasteiger partial charge in [-0.25, -0.2) is 0 Å². The van der Waals surface area contributed by atoms with Crippen molar-refractivity contribution in [2.24, 2.45) is 46.3 Å². The molecule has 0 aromatic rings. The Balaban J connectivity index is 1.37. The summed E-state index contributed by atoms with van der Waals surface area (Å²) in [7, 11) is 0. The standard InChI is InChI=1S/C35H59NO7/c1-20(2)7-6-8-21(3)26-11-12-27-25-10-9-23-17-24(39)13-16-35(23,28(25)14-15-34(26,27)5)19-42-33-30(36-22(4)38)32(41)31(40)29(18-37)43-33/h17,20-21,24-33,37,39-41H,6-16,18-19H2,1-5H3,(H,36,38)/t21-,24+,25+,26-,27+,28+,29-,30-,31-,32-,33-,34-,35-/m1/s1. The molecule has 0 radical (unpaired) electrons. The number of hydrogen-bond donors (Lipinski definition) is 5. The lowest BCUT2D eigenvalue weighted by Gasteiger charge is -2.60. The van der Waals surface area contributed by atoms with Crippen LogP contribution in [-0.4, -0.2) is 76.3 Å². The van der Waals surface area contributed by atoms with Gasteiger partial charge in [-0.3, -0.25) is 4.79 Å². The van der Waals surface area contributed by atoms with Crippen molar-refractivity contribution >= 4 is 5.91 Å². The molecule has 0 unspecified atom stereocenters. The van der Waals surface area contributed by atoms with Crippen LogP contribution in [0.5, 0.6) is 0 Å². The predicted molar refractivity (Wildman–Crippen MR) is 165 cm³/mol. The van der Waals surface area contributed by atoms with Crippen LogP contribution in [0.1, 0.15) is 105 Å². The summed E-state index contributed by atoms with van der Waals surface area (Å²) < 4.78 is 12.5. The first-order chi connectivity index (χ1) is 20.4. The number of aliphatic hydroxyl groups excluding tert-OH is 4. The van der Waals surface area contributed by atoms with Crippen molar-refractivity contribution in [3.05, 3.63) is 11.6 Å². The van der Waals surface area contributed by atoms with Crippen molar-refractivity contribution in [3.8, 4) is 0 Å². The Bertz CT molecular complexity index is 1000. The van der Waals surface area contributed by atoms with E-state index in [4.69, 9.17) is 9.47 Å². The largest absolute Gasteiger partial charge is 0.394 e. The molecule has 8 nitrogen and oxygen atoms in total. The van der Waals surface area contributed by atoms with Gasteiger partial charge in [0.25, 0.3) is 0 Å². The predicted octanol–water partition coefficient (Wildman–Crippen LogP) is 4.33. The van der Waals surface area contributed by atoms with Crippen molar-refractivity contribution in [2.75, 3.05) is 13.2 Å². The summed E-state index contributed by atoms with van der Waals surface area (Å²) in [5.41, 5.74) is 1.43. The third-order valence-electron chi connectivity index (χ3n) is 12.8. The molecule has 5 rings (SSSR count). The van der Waals surface area contributed by atoms with Gasteiger partial charge in [-0.2, -0.15) is 0 Å². The van der Waals surface area contributed by atoms with Crippen LogP contribution in [0.4, 0.5) is 0 Å². The van der Waals surface area contributed by atoms with Crippen molar-refractivity contribution in [1.29, 1.82) is 0 Å². The van der Waals surface area contributed by atoms with Crippen molar-refractivity contribution in [1.82, 2.24) is 5.32 Å². The summed E-state index contributed by atoms with van der Waals surface area (Å²) in [5.74, 6) is 3.69. The second-order valence-electron chi connectivity index (χ2n) is 15.6. The molecule has 13 atom stereocenters. The van der Waals surface area contributed by atoms with Crippen LogP contribution < -0.4 is 5.32 Å². The van der Waals surface area contributed by atoms with Gasteiger partial charge < -0.3 is 35.2 Å². The molecule has 3 saturated carbocycles. The maximum Gasteiger partial charge on any atom is 0.217 e. The highest BCUT2D eigenvalue weighted by Gasteiger charge is 2.61. The highest BCUT2D eigenvalue weighted by molar-refractivity contribution is 5.73. The number of aliphatic hydroxyl groups is 4. The minimum Gasteiger partial charge on any atom is -0.394 e. The highest BCUT2D eigenvalue weighted by atomic mass is 16.7. The number of carbonyl (C=O) groups is 1. The molecule has 5 aliphatic rings.